The van der Waals surface area contributed by atoms with E-state index in [1.54, 1.807) is 4.68 Å². The van der Waals surface area contributed by atoms with Crippen molar-refractivity contribution in [3.63, 3.8) is 0 Å². The number of aromatic nitrogens is 2. The maximum absolute atomic E-state index is 9.86. The summed E-state index contributed by atoms with van der Waals surface area (Å²) in [6.45, 7) is 0.474. The van der Waals surface area contributed by atoms with Gasteiger partial charge in [0, 0.05) is 19.7 Å². The summed E-state index contributed by atoms with van der Waals surface area (Å²) in [7, 11) is 1.83. The summed E-state index contributed by atoms with van der Waals surface area (Å²) >= 11 is 0. The van der Waals surface area contributed by atoms with Crippen LogP contribution in [0.25, 0.3) is 0 Å². The van der Waals surface area contributed by atoms with Crippen molar-refractivity contribution in [1.29, 1.82) is 0 Å². The number of aliphatic hydroxyl groups is 1. The topological polar surface area (TPSA) is 47.3 Å². The van der Waals surface area contributed by atoms with Gasteiger partial charge in [-0.15, -0.1) is 0 Å². The molecule has 17 heavy (non-hydrogen) atoms. The molecule has 2 aromatic rings. The molecule has 1 unspecified atom stereocenters. The van der Waals surface area contributed by atoms with E-state index in [1.807, 2.05) is 49.6 Å². The number of aliphatic hydroxyl groups excluding tert-OH is 1. The number of nitrogens with zero attached hydrogens (tertiary/aromatic N) is 2. The van der Waals surface area contributed by atoms with Crippen molar-refractivity contribution >= 4 is 0 Å². The first-order chi connectivity index (χ1) is 8.25. The van der Waals surface area contributed by atoms with Crippen LogP contribution in [0.5, 0.6) is 5.75 Å². The number of aryl methyl sites for hydroxylation is 1. The fraction of sp³-hybridized carbons (Fsp3) is 0.308. The average molecular weight is 232 g/mol. The van der Waals surface area contributed by atoms with Crippen molar-refractivity contribution in [2.75, 3.05) is 6.61 Å². The summed E-state index contributed by atoms with van der Waals surface area (Å²) in [6, 6.07) is 11.4. The second-order valence-corrected chi connectivity index (χ2v) is 3.88. The molecule has 0 aliphatic heterocycles. The number of ether oxygens (including phenoxy) is 1. The molecule has 1 N–H and O–H groups in total. The molecular formula is C13H16N2O2. The van der Waals surface area contributed by atoms with Gasteiger partial charge in [0.25, 0.3) is 0 Å². The Labute approximate surface area is 100 Å². The molecule has 90 valence electrons. The highest BCUT2D eigenvalue weighted by atomic mass is 16.5. The Morgan fingerprint density at radius 1 is 1.29 bits per heavy atom. The highest BCUT2D eigenvalue weighted by Crippen LogP contribution is 2.15. The Bertz CT molecular complexity index is 453. The van der Waals surface area contributed by atoms with Crippen molar-refractivity contribution in [1.82, 2.24) is 9.78 Å². The molecule has 1 heterocycles. The molecule has 1 atom stereocenters. The van der Waals surface area contributed by atoms with E-state index in [1.165, 1.54) is 0 Å². The maximum Gasteiger partial charge on any atom is 0.119 e. The van der Waals surface area contributed by atoms with Crippen LogP contribution in [0.3, 0.4) is 0 Å². The van der Waals surface area contributed by atoms with E-state index < -0.39 is 6.10 Å². The molecule has 4 nitrogen and oxygen atoms in total. The minimum atomic E-state index is -0.570. The smallest absolute Gasteiger partial charge is 0.119 e. The maximum atomic E-state index is 9.86. The monoisotopic (exact) mass is 232 g/mol. The van der Waals surface area contributed by atoms with Gasteiger partial charge in [-0.2, -0.15) is 5.10 Å². The first kappa shape index (κ1) is 11.7. The molecule has 1 aromatic carbocycles. The second-order valence-electron chi connectivity index (χ2n) is 3.88. The number of hydrogen-bond donors (Lipinski definition) is 1. The molecule has 0 saturated carbocycles. The van der Waals surface area contributed by atoms with Crippen LogP contribution in [0.4, 0.5) is 0 Å². The van der Waals surface area contributed by atoms with E-state index in [4.69, 9.17) is 4.74 Å². The molecule has 0 aliphatic rings. The number of para-hydroxylation sites is 1. The molecule has 1 aromatic heterocycles. The van der Waals surface area contributed by atoms with E-state index in [0.717, 1.165) is 5.75 Å². The standard InChI is InChI=1S/C13H16N2O2/c1-15-9-7-12(14-15)13(16)8-10-17-11-5-3-2-4-6-11/h2-7,9,13,16H,8,10H2,1H3. The minimum absolute atomic E-state index is 0.474. The van der Waals surface area contributed by atoms with Gasteiger partial charge in [-0.25, -0.2) is 0 Å². The molecule has 0 saturated heterocycles. The Morgan fingerprint density at radius 3 is 2.71 bits per heavy atom. The van der Waals surface area contributed by atoms with E-state index >= 15 is 0 Å². The first-order valence-corrected chi connectivity index (χ1v) is 5.61. The van der Waals surface area contributed by atoms with Gasteiger partial charge in [0.2, 0.25) is 0 Å². The van der Waals surface area contributed by atoms with Crippen LogP contribution in [0.1, 0.15) is 18.2 Å². The zero-order valence-electron chi connectivity index (χ0n) is 9.78. The van der Waals surface area contributed by atoms with Crippen LogP contribution in [-0.2, 0) is 7.05 Å². The molecular weight excluding hydrogens is 216 g/mol. The molecule has 0 fully saturated rings. The summed E-state index contributed by atoms with van der Waals surface area (Å²) in [5.74, 6) is 0.820. The molecule has 0 aliphatic carbocycles. The normalized spacial score (nSPS) is 12.4. The van der Waals surface area contributed by atoms with Crippen molar-refractivity contribution in [2.24, 2.45) is 7.05 Å². The summed E-state index contributed by atoms with van der Waals surface area (Å²) < 4.78 is 7.19. The van der Waals surface area contributed by atoms with Crippen LogP contribution in [0, 0.1) is 0 Å². The number of rotatable bonds is 5. The average Bonchev–Trinajstić information content (AvgIpc) is 2.77. The Balaban J connectivity index is 1.79. The minimum Gasteiger partial charge on any atom is -0.493 e. The largest absolute Gasteiger partial charge is 0.493 e. The Kier molecular flexibility index (Phi) is 3.77. The molecule has 0 radical (unpaired) electrons. The highest BCUT2D eigenvalue weighted by Gasteiger charge is 2.10. The predicted molar refractivity (Wildman–Crippen MR) is 64.7 cm³/mol. The summed E-state index contributed by atoms with van der Waals surface area (Å²) in [5, 5.41) is 14.0. The Hall–Kier alpha value is -1.81. The van der Waals surface area contributed by atoms with E-state index in [2.05, 4.69) is 5.10 Å². The molecule has 0 amide bonds. The fourth-order valence-electron chi connectivity index (χ4n) is 1.56. The molecule has 0 bridgehead atoms. The second kappa shape index (κ2) is 5.50. The van der Waals surface area contributed by atoms with Crippen LogP contribution >= 0.6 is 0 Å². The lowest BCUT2D eigenvalue weighted by Crippen LogP contribution is -2.06. The zero-order valence-corrected chi connectivity index (χ0v) is 9.78. The van der Waals surface area contributed by atoms with Gasteiger partial charge in [-0.1, -0.05) is 18.2 Å². The third-order valence-electron chi connectivity index (χ3n) is 2.48. The first-order valence-electron chi connectivity index (χ1n) is 5.61. The lowest BCUT2D eigenvalue weighted by atomic mass is 10.2. The van der Waals surface area contributed by atoms with Crippen molar-refractivity contribution in [3.05, 3.63) is 48.3 Å². The summed E-state index contributed by atoms with van der Waals surface area (Å²) in [4.78, 5) is 0. The van der Waals surface area contributed by atoms with Crippen molar-refractivity contribution < 1.29 is 9.84 Å². The summed E-state index contributed by atoms with van der Waals surface area (Å²) in [5.41, 5.74) is 0.684. The van der Waals surface area contributed by atoms with Crippen LogP contribution in [-0.4, -0.2) is 21.5 Å². The van der Waals surface area contributed by atoms with Crippen LogP contribution in [0.15, 0.2) is 42.6 Å². The van der Waals surface area contributed by atoms with Gasteiger partial charge >= 0.3 is 0 Å². The van der Waals surface area contributed by atoms with Gasteiger partial charge in [-0.3, -0.25) is 4.68 Å². The van der Waals surface area contributed by atoms with Gasteiger partial charge in [0.1, 0.15) is 11.9 Å². The van der Waals surface area contributed by atoms with Crippen LogP contribution < -0.4 is 4.74 Å². The van der Waals surface area contributed by atoms with Gasteiger partial charge < -0.3 is 9.84 Å². The molecule has 0 spiro atoms. The third kappa shape index (κ3) is 3.32. The lowest BCUT2D eigenvalue weighted by molar-refractivity contribution is 0.136. The van der Waals surface area contributed by atoms with Crippen molar-refractivity contribution in [2.45, 2.75) is 12.5 Å². The van der Waals surface area contributed by atoms with Gasteiger partial charge in [0.05, 0.1) is 12.3 Å². The molecule has 4 heteroatoms. The van der Waals surface area contributed by atoms with Gasteiger partial charge in [0.15, 0.2) is 0 Å². The van der Waals surface area contributed by atoms with E-state index in [9.17, 15) is 5.11 Å². The Morgan fingerprint density at radius 2 is 2.06 bits per heavy atom. The predicted octanol–water partition coefficient (Wildman–Crippen LogP) is 1.92. The van der Waals surface area contributed by atoms with Crippen molar-refractivity contribution in [3.8, 4) is 5.75 Å². The third-order valence-corrected chi connectivity index (χ3v) is 2.48. The van der Waals surface area contributed by atoms with Gasteiger partial charge in [-0.05, 0) is 18.2 Å². The quantitative estimate of drug-likeness (QED) is 0.856. The number of hydrogen-bond acceptors (Lipinski definition) is 3. The van der Waals surface area contributed by atoms with Crippen LogP contribution in [0.2, 0.25) is 0 Å². The van der Waals surface area contributed by atoms with E-state index in [-0.39, 0.29) is 0 Å². The lowest BCUT2D eigenvalue weighted by Gasteiger charge is -2.09. The highest BCUT2D eigenvalue weighted by molar-refractivity contribution is 5.20. The summed E-state index contributed by atoms with van der Waals surface area (Å²) in [6.07, 6.45) is 1.78. The molecule has 2 rings (SSSR count). The number of benzene rings is 1. The fourth-order valence-corrected chi connectivity index (χ4v) is 1.56. The SMILES string of the molecule is Cn1ccc(C(O)CCOc2ccccc2)n1. The van der Waals surface area contributed by atoms with E-state index in [0.29, 0.717) is 18.7 Å². The zero-order chi connectivity index (χ0) is 12.1.